The molecule has 19 heavy (non-hydrogen) atoms. The van der Waals surface area contributed by atoms with Crippen molar-refractivity contribution in [2.45, 2.75) is 19.4 Å². The Morgan fingerprint density at radius 1 is 1.21 bits per heavy atom. The first-order valence-electron chi connectivity index (χ1n) is 6.38. The second kappa shape index (κ2) is 5.45. The zero-order valence-electron chi connectivity index (χ0n) is 10.5. The zero-order chi connectivity index (χ0) is 13.2. The van der Waals surface area contributed by atoms with E-state index in [9.17, 15) is 0 Å². The van der Waals surface area contributed by atoms with Crippen LogP contribution in [0.2, 0.25) is 5.02 Å². The molecule has 0 aliphatic carbocycles. The van der Waals surface area contributed by atoms with Crippen molar-refractivity contribution in [3.63, 3.8) is 0 Å². The first-order valence-corrected chi connectivity index (χ1v) is 7.17. The van der Waals surface area contributed by atoms with Crippen molar-refractivity contribution in [2.75, 3.05) is 13.1 Å². The van der Waals surface area contributed by atoms with Gasteiger partial charge in [0.1, 0.15) is 5.82 Å². The van der Waals surface area contributed by atoms with Crippen molar-refractivity contribution >= 4 is 23.8 Å². The summed E-state index contributed by atoms with van der Waals surface area (Å²) in [4.78, 5) is 2.40. The molecule has 1 aromatic carbocycles. The minimum absolute atomic E-state index is 0.622. The smallest absolute Gasteiger partial charge is 0.199 e. The van der Waals surface area contributed by atoms with Gasteiger partial charge in [0, 0.05) is 10.7 Å². The number of H-pyrrole nitrogens is 1. The van der Waals surface area contributed by atoms with Gasteiger partial charge in [-0.15, -0.1) is 0 Å². The van der Waals surface area contributed by atoms with Gasteiger partial charge in [0.2, 0.25) is 0 Å². The van der Waals surface area contributed by atoms with E-state index in [1.54, 1.807) is 0 Å². The number of nitrogens with zero attached hydrogens (tertiary/aromatic N) is 3. The molecule has 100 valence electrons. The molecule has 1 saturated heterocycles. The molecule has 0 unspecified atom stereocenters. The highest BCUT2D eigenvalue weighted by Gasteiger charge is 2.16. The van der Waals surface area contributed by atoms with Crippen molar-refractivity contribution in [1.29, 1.82) is 0 Å². The number of aromatic nitrogens is 3. The summed E-state index contributed by atoms with van der Waals surface area (Å²) in [5, 5.41) is 7.95. The van der Waals surface area contributed by atoms with Crippen LogP contribution in [0.1, 0.15) is 18.7 Å². The third kappa shape index (κ3) is 2.73. The van der Waals surface area contributed by atoms with E-state index in [2.05, 4.69) is 15.1 Å². The number of rotatable bonds is 3. The molecule has 2 heterocycles. The Kier molecular flexibility index (Phi) is 3.68. The molecule has 1 N–H and O–H groups in total. The summed E-state index contributed by atoms with van der Waals surface area (Å²) in [6.45, 7) is 3.11. The summed E-state index contributed by atoms with van der Waals surface area (Å²) in [5.41, 5.74) is 0.998. The molecule has 1 aromatic heterocycles. The lowest BCUT2D eigenvalue weighted by Crippen LogP contribution is -2.21. The lowest BCUT2D eigenvalue weighted by Gasteiger charge is -2.14. The summed E-state index contributed by atoms with van der Waals surface area (Å²) in [6, 6.07) is 7.65. The highest BCUT2D eigenvalue weighted by molar-refractivity contribution is 7.71. The fourth-order valence-electron chi connectivity index (χ4n) is 2.43. The number of hydrogen-bond donors (Lipinski definition) is 1. The van der Waals surface area contributed by atoms with Gasteiger partial charge in [0.05, 0.1) is 6.54 Å². The SMILES string of the molecule is S=c1[nH]nc(CN2CCCC2)n1-c1ccc(Cl)cc1. The van der Waals surface area contributed by atoms with Crippen molar-refractivity contribution in [3.05, 3.63) is 39.9 Å². The Balaban J connectivity index is 1.93. The predicted octanol–water partition coefficient (Wildman–Crippen LogP) is 3.18. The molecule has 1 aliphatic rings. The average Bonchev–Trinajstić information content (AvgIpc) is 3.02. The Morgan fingerprint density at radius 3 is 2.58 bits per heavy atom. The van der Waals surface area contributed by atoms with E-state index in [1.165, 1.54) is 12.8 Å². The maximum Gasteiger partial charge on any atom is 0.199 e. The second-order valence-electron chi connectivity index (χ2n) is 4.74. The van der Waals surface area contributed by atoms with Crippen molar-refractivity contribution in [3.8, 4) is 5.69 Å². The van der Waals surface area contributed by atoms with Crippen LogP contribution in [0.3, 0.4) is 0 Å². The molecule has 0 atom stereocenters. The third-order valence-electron chi connectivity index (χ3n) is 3.39. The molecule has 6 heteroatoms. The number of nitrogens with one attached hydrogen (secondary N) is 1. The normalized spacial score (nSPS) is 16.1. The van der Waals surface area contributed by atoms with Gasteiger partial charge in [-0.05, 0) is 62.4 Å². The summed E-state index contributed by atoms with van der Waals surface area (Å²) >= 11 is 11.2. The van der Waals surface area contributed by atoms with E-state index in [0.29, 0.717) is 4.77 Å². The molecule has 2 aromatic rings. The van der Waals surface area contributed by atoms with Crippen molar-refractivity contribution in [2.24, 2.45) is 0 Å². The Bertz CT molecular complexity index is 610. The van der Waals surface area contributed by atoms with Gasteiger partial charge >= 0.3 is 0 Å². The minimum atomic E-state index is 0.622. The minimum Gasteiger partial charge on any atom is -0.296 e. The highest BCUT2D eigenvalue weighted by atomic mass is 35.5. The lowest BCUT2D eigenvalue weighted by molar-refractivity contribution is 0.320. The largest absolute Gasteiger partial charge is 0.296 e. The lowest BCUT2D eigenvalue weighted by atomic mass is 10.3. The standard InChI is InChI=1S/C13H15ClN4S/c14-10-3-5-11(6-4-10)18-12(15-16-13(18)19)9-17-7-1-2-8-17/h3-6H,1-2,7-9H2,(H,16,19). The Morgan fingerprint density at radius 2 is 1.89 bits per heavy atom. The summed E-state index contributed by atoms with van der Waals surface area (Å²) in [6.07, 6.45) is 2.54. The second-order valence-corrected chi connectivity index (χ2v) is 5.56. The van der Waals surface area contributed by atoms with Gasteiger partial charge in [-0.1, -0.05) is 11.6 Å². The van der Waals surface area contributed by atoms with E-state index < -0.39 is 0 Å². The van der Waals surface area contributed by atoms with Gasteiger partial charge in [-0.25, -0.2) is 0 Å². The van der Waals surface area contributed by atoms with Crippen LogP contribution < -0.4 is 0 Å². The summed E-state index contributed by atoms with van der Waals surface area (Å²) in [7, 11) is 0. The zero-order valence-corrected chi connectivity index (χ0v) is 12.0. The van der Waals surface area contributed by atoms with Crippen LogP contribution >= 0.6 is 23.8 Å². The van der Waals surface area contributed by atoms with Gasteiger partial charge in [-0.3, -0.25) is 14.6 Å². The molecule has 0 amide bonds. The molecule has 1 aliphatic heterocycles. The van der Waals surface area contributed by atoms with Gasteiger partial charge in [0.25, 0.3) is 0 Å². The van der Waals surface area contributed by atoms with Crippen molar-refractivity contribution in [1.82, 2.24) is 19.7 Å². The first-order chi connectivity index (χ1) is 9.24. The average molecular weight is 295 g/mol. The summed E-state index contributed by atoms with van der Waals surface area (Å²) < 4.78 is 2.60. The number of halogens is 1. The van der Waals surface area contributed by atoms with Crippen LogP contribution in [0.5, 0.6) is 0 Å². The highest BCUT2D eigenvalue weighted by Crippen LogP contribution is 2.17. The monoisotopic (exact) mass is 294 g/mol. The molecule has 3 rings (SSSR count). The van der Waals surface area contributed by atoms with E-state index in [-0.39, 0.29) is 0 Å². The van der Waals surface area contributed by atoms with Gasteiger partial charge in [-0.2, -0.15) is 5.10 Å². The molecular formula is C13H15ClN4S. The molecule has 0 saturated carbocycles. The van der Waals surface area contributed by atoms with E-state index in [0.717, 1.165) is 36.2 Å². The summed E-state index contributed by atoms with van der Waals surface area (Å²) in [5.74, 6) is 0.953. The maximum absolute atomic E-state index is 5.92. The Labute approximate surface area is 122 Å². The van der Waals surface area contributed by atoms with Crippen LogP contribution in [0.15, 0.2) is 24.3 Å². The number of likely N-dealkylation sites (tertiary alicyclic amines) is 1. The van der Waals surface area contributed by atoms with Crippen LogP contribution in [-0.2, 0) is 6.54 Å². The fraction of sp³-hybridized carbons (Fsp3) is 0.385. The molecule has 1 fully saturated rings. The van der Waals surface area contributed by atoms with E-state index in [1.807, 2.05) is 28.8 Å². The number of aromatic amines is 1. The molecule has 4 nitrogen and oxygen atoms in total. The number of benzene rings is 1. The Hall–Kier alpha value is -1.17. The van der Waals surface area contributed by atoms with Crippen LogP contribution in [0, 0.1) is 4.77 Å². The van der Waals surface area contributed by atoms with E-state index >= 15 is 0 Å². The van der Waals surface area contributed by atoms with Gasteiger partial charge in [0.15, 0.2) is 4.77 Å². The van der Waals surface area contributed by atoms with Crippen molar-refractivity contribution < 1.29 is 0 Å². The molecule has 0 bridgehead atoms. The van der Waals surface area contributed by atoms with Crippen LogP contribution in [0.25, 0.3) is 5.69 Å². The van der Waals surface area contributed by atoms with Crippen LogP contribution in [0.4, 0.5) is 0 Å². The van der Waals surface area contributed by atoms with Crippen LogP contribution in [-0.4, -0.2) is 32.8 Å². The maximum atomic E-state index is 5.92. The fourth-order valence-corrected chi connectivity index (χ4v) is 2.82. The quantitative estimate of drug-likeness (QED) is 0.884. The third-order valence-corrected chi connectivity index (χ3v) is 3.92. The molecular weight excluding hydrogens is 280 g/mol. The van der Waals surface area contributed by atoms with E-state index in [4.69, 9.17) is 23.8 Å². The number of hydrogen-bond acceptors (Lipinski definition) is 3. The predicted molar refractivity (Wildman–Crippen MR) is 78.3 cm³/mol. The molecule has 0 spiro atoms. The first kappa shape index (κ1) is 12.8. The van der Waals surface area contributed by atoms with Gasteiger partial charge < -0.3 is 0 Å². The molecule has 0 radical (unpaired) electrons. The topological polar surface area (TPSA) is 36.9 Å².